The Kier molecular flexibility index (Phi) is 42.7. The molecule has 0 aromatic carbocycles. The van der Waals surface area contributed by atoms with E-state index >= 15 is 0 Å². The minimum Gasteiger partial charge on any atom is -0.394 e. The van der Waals surface area contributed by atoms with Gasteiger partial charge in [0.15, 0.2) is 6.29 Å². The van der Waals surface area contributed by atoms with Crippen molar-refractivity contribution in [3.63, 3.8) is 0 Å². The molecule has 6 N–H and O–H groups in total. The third-order valence-electron chi connectivity index (χ3n) is 12.9. The summed E-state index contributed by atoms with van der Waals surface area (Å²) in [5.74, 6) is -0.189. The predicted molar refractivity (Wildman–Crippen MR) is 267 cm³/mol. The smallest absolute Gasteiger partial charge is 0.220 e. The maximum atomic E-state index is 13.0. The van der Waals surface area contributed by atoms with E-state index in [4.69, 9.17) is 9.47 Å². The summed E-state index contributed by atoms with van der Waals surface area (Å²) in [5, 5.41) is 54.3. The molecule has 64 heavy (non-hydrogen) atoms. The van der Waals surface area contributed by atoms with Crippen molar-refractivity contribution < 1.29 is 39.8 Å². The van der Waals surface area contributed by atoms with Crippen LogP contribution < -0.4 is 5.32 Å². The number of ether oxygens (including phenoxy) is 2. The minimum absolute atomic E-state index is 0.189. The third-order valence-corrected chi connectivity index (χ3v) is 12.9. The minimum atomic E-state index is -1.57. The number of allylic oxidation sites excluding steroid dienone is 5. The molecule has 376 valence electrons. The highest BCUT2D eigenvalue weighted by Crippen LogP contribution is 2.23. The normalized spacial score (nSPS) is 20.3. The Labute approximate surface area is 393 Å². The van der Waals surface area contributed by atoms with Crippen LogP contribution in [0.2, 0.25) is 0 Å². The molecule has 0 aromatic rings. The Bertz CT molecular complexity index is 1100. The van der Waals surface area contributed by atoms with E-state index in [2.05, 4.69) is 43.5 Å². The number of rotatable bonds is 46. The average Bonchev–Trinajstić information content (AvgIpc) is 3.29. The molecule has 9 heteroatoms. The molecular formula is C55H103NO8. The van der Waals surface area contributed by atoms with Crippen LogP contribution in [0.15, 0.2) is 36.5 Å². The molecule has 7 unspecified atom stereocenters. The molecule has 9 nitrogen and oxygen atoms in total. The van der Waals surface area contributed by atoms with Crippen LogP contribution in [-0.4, -0.2) is 87.5 Å². The standard InChI is InChI=1S/C55H103NO8/c1-3-5-7-9-11-13-15-17-19-20-21-22-23-24-25-26-27-28-29-30-31-32-34-36-38-40-42-44-49(58)48(47-63-55-54(62)53(61)52(60)50(46-57)64-55)56-51(59)45-43-41-39-37-35-33-18-16-14-12-10-8-6-4-2/h29-30,34,36,42,44,48-50,52-55,57-58,60-62H,3-28,31-33,35,37-41,43,45-47H2,1-2H3,(H,56,59)/b30-29+,36-34+,44-42+. The van der Waals surface area contributed by atoms with Gasteiger partial charge >= 0.3 is 0 Å². The number of aliphatic hydroxyl groups is 5. The van der Waals surface area contributed by atoms with Gasteiger partial charge in [0.1, 0.15) is 24.4 Å². The van der Waals surface area contributed by atoms with Crippen LogP contribution in [0, 0.1) is 0 Å². The summed E-state index contributed by atoms with van der Waals surface area (Å²) in [5.41, 5.74) is 0. The van der Waals surface area contributed by atoms with E-state index in [1.807, 2.05) is 6.08 Å². The molecule has 1 aliphatic heterocycles. The Morgan fingerprint density at radius 1 is 0.516 bits per heavy atom. The first-order valence-electron chi connectivity index (χ1n) is 27.2. The molecule has 1 heterocycles. The monoisotopic (exact) mass is 906 g/mol. The molecule has 0 saturated carbocycles. The molecular weight excluding hydrogens is 803 g/mol. The number of nitrogens with one attached hydrogen (secondary N) is 1. The molecule has 1 aliphatic rings. The van der Waals surface area contributed by atoms with Gasteiger partial charge in [-0.3, -0.25) is 4.79 Å². The fourth-order valence-corrected chi connectivity index (χ4v) is 8.60. The van der Waals surface area contributed by atoms with Crippen molar-refractivity contribution in [2.75, 3.05) is 13.2 Å². The zero-order chi connectivity index (χ0) is 46.6. The van der Waals surface area contributed by atoms with Gasteiger partial charge < -0.3 is 40.3 Å². The highest BCUT2D eigenvalue weighted by molar-refractivity contribution is 5.76. The number of amides is 1. The lowest BCUT2D eigenvalue weighted by molar-refractivity contribution is -0.302. The number of unbranched alkanes of at least 4 members (excludes halogenated alkanes) is 32. The lowest BCUT2D eigenvalue weighted by Crippen LogP contribution is -2.60. The second kappa shape index (κ2) is 45.2. The highest BCUT2D eigenvalue weighted by atomic mass is 16.7. The van der Waals surface area contributed by atoms with E-state index < -0.39 is 49.5 Å². The quantitative estimate of drug-likeness (QED) is 0.0261. The number of hydrogen-bond acceptors (Lipinski definition) is 8. The van der Waals surface area contributed by atoms with Gasteiger partial charge in [-0.2, -0.15) is 0 Å². The van der Waals surface area contributed by atoms with Crippen LogP contribution in [0.3, 0.4) is 0 Å². The molecule has 0 radical (unpaired) electrons. The molecule has 1 rings (SSSR count). The van der Waals surface area contributed by atoms with Crippen LogP contribution in [0.1, 0.15) is 251 Å². The fraction of sp³-hybridized carbons (Fsp3) is 0.873. The maximum absolute atomic E-state index is 13.0. The zero-order valence-corrected chi connectivity index (χ0v) is 41.5. The largest absolute Gasteiger partial charge is 0.394 e. The van der Waals surface area contributed by atoms with Crippen LogP contribution in [0.25, 0.3) is 0 Å². The van der Waals surface area contributed by atoms with Crippen molar-refractivity contribution >= 4 is 5.91 Å². The lowest BCUT2D eigenvalue weighted by atomic mass is 9.99. The van der Waals surface area contributed by atoms with Crippen LogP contribution in [-0.2, 0) is 14.3 Å². The zero-order valence-electron chi connectivity index (χ0n) is 41.5. The van der Waals surface area contributed by atoms with Gasteiger partial charge in [-0.15, -0.1) is 0 Å². The maximum Gasteiger partial charge on any atom is 0.220 e. The number of carbonyl (C=O) groups excluding carboxylic acids is 1. The van der Waals surface area contributed by atoms with Crippen LogP contribution in [0.5, 0.6) is 0 Å². The third kappa shape index (κ3) is 34.7. The summed E-state index contributed by atoms with van der Waals surface area (Å²) in [7, 11) is 0. The van der Waals surface area contributed by atoms with Gasteiger partial charge in [0.05, 0.1) is 25.4 Å². The first-order chi connectivity index (χ1) is 31.3. The first kappa shape index (κ1) is 60.4. The molecule has 0 aromatic heterocycles. The summed E-state index contributed by atoms with van der Waals surface area (Å²) in [6.07, 6.45) is 50.7. The molecule has 0 aliphatic carbocycles. The topological polar surface area (TPSA) is 149 Å². The fourth-order valence-electron chi connectivity index (χ4n) is 8.60. The Balaban J connectivity index is 2.26. The lowest BCUT2D eigenvalue weighted by Gasteiger charge is -2.40. The number of carbonyl (C=O) groups is 1. The van der Waals surface area contributed by atoms with E-state index in [0.29, 0.717) is 6.42 Å². The highest BCUT2D eigenvalue weighted by Gasteiger charge is 2.44. The molecule has 1 saturated heterocycles. The average molecular weight is 906 g/mol. The number of hydrogen-bond donors (Lipinski definition) is 6. The van der Waals surface area contributed by atoms with Crippen molar-refractivity contribution in [2.24, 2.45) is 0 Å². The van der Waals surface area contributed by atoms with Gasteiger partial charge in [0, 0.05) is 6.42 Å². The summed E-state index contributed by atoms with van der Waals surface area (Å²) in [6.45, 7) is 3.77. The van der Waals surface area contributed by atoms with Gasteiger partial charge in [-0.25, -0.2) is 0 Å². The predicted octanol–water partition coefficient (Wildman–Crippen LogP) is 12.8. The van der Waals surface area contributed by atoms with Crippen LogP contribution in [0.4, 0.5) is 0 Å². The van der Waals surface area contributed by atoms with E-state index in [0.717, 1.165) is 44.9 Å². The molecule has 1 amide bonds. The van der Waals surface area contributed by atoms with E-state index in [1.165, 1.54) is 186 Å². The summed E-state index contributed by atoms with van der Waals surface area (Å²) < 4.78 is 11.2. The number of aliphatic hydroxyl groups excluding tert-OH is 5. The molecule has 0 bridgehead atoms. The molecule has 1 fully saturated rings. The van der Waals surface area contributed by atoms with Crippen molar-refractivity contribution in [1.82, 2.24) is 5.32 Å². The molecule has 7 atom stereocenters. The second-order valence-electron chi connectivity index (χ2n) is 19.0. The van der Waals surface area contributed by atoms with Crippen molar-refractivity contribution in [2.45, 2.75) is 294 Å². The van der Waals surface area contributed by atoms with Crippen molar-refractivity contribution in [3.05, 3.63) is 36.5 Å². The second-order valence-corrected chi connectivity index (χ2v) is 19.0. The Morgan fingerprint density at radius 3 is 1.31 bits per heavy atom. The van der Waals surface area contributed by atoms with E-state index in [-0.39, 0.29) is 12.5 Å². The Morgan fingerprint density at radius 2 is 0.891 bits per heavy atom. The van der Waals surface area contributed by atoms with E-state index in [1.54, 1.807) is 6.08 Å². The van der Waals surface area contributed by atoms with Gasteiger partial charge in [0.25, 0.3) is 0 Å². The molecule has 0 spiro atoms. The van der Waals surface area contributed by atoms with Gasteiger partial charge in [0.2, 0.25) is 5.91 Å². The van der Waals surface area contributed by atoms with Gasteiger partial charge in [-0.05, 0) is 44.9 Å². The summed E-state index contributed by atoms with van der Waals surface area (Å²) in [4.78, 5) is 13.0. The summed E-state index contributed by atoms with van der Waals surface area (Å²) >= 11 is 0. The van der Waals surface area contributed by atoms with Crippen LogP contribution >= 0.6 is 0 Å². The SMILES string of the molecule is CCCCCCCCCCCCCCCCCCC/C=C/CC/C=C/CC/C=C/C(O)C(COC1OC(CO)C(O)C(O)C1O)NC(=O)CCCCCCCCCCCCCCCC. The van der Waals surface area contributed by atoms with Crippen molar-refractivity contribution in [1.29, 1.82) is 0 Å². The Hall–Kier alpha value is -1.59. The first-order valence-corrected chi connectivity index (χ1v) is 27.2. The van der Waals surface area contributed by atoms with Gasteiger partial charge in [-0.1, -0.05) is 237 Å². The summed E-state index contributed by atoms with van der Waals surface area (Å²) in [6, 6.07) is -0.825. The van der Waals surface area contributed by atoms with Crippen molar-refractivity contribution in [3.8, 4) is 0 Å². The van der Waals surface area contributed by atoms with E-state index in [9.17, 15) is 30.3 Å².